The molecule has 1 amide bonds. The van der Waals surface area contributed by atoms with Crippen molar-refractivity contribution in [1.29, 1.82) is 0 Å². The predicted molar refractivity (Wildman–Crippen MR) is 152 cm³/mol. The SMILES string of the molecule is O=C(c1ccc(F)cc1)[C@@H]1[C@H](C(=O)c2cccc([N+](=O)[O-])c2)[C@@]2(C(=O)Nc3ccccc32)[C@@H]2c3ccccc3C=CN12. The first kappa shape index (κ1) is 25.5. The van der Waals surface area contributed by atoms with Crippen LogP contribution in [-0.4, -0.2) is 33.3 Å². The van der Waals surface area contributed by atoms with Crippen molar-refractivity contribution >= 4 is 34.9 Å². The summed E-state index contributed by atoms with van der Waals surface area (Å²) in [5.74, 6) is -3.30. The number of halogens is 1. The Bertz CT molecular complexity index is 1850. The Kier molecular flexibility index (Phi) is 5.65. The summed E-state index contributed by atoms with van der Waals surface area (Å²) in [6.07, 6.45) is 3.57. The molecule has 4 aromatic rings. The van der Waals surface area contributed by atoms with Crippen molar-refractivity contribution in [2.75, 3.05) is 5.32 Å². The van der Waals surface area contributed by atoms with E-state index in [0.29, 0.717) is 11.3 Å². The topological polar surface area (TPSA) is 110 Å². The molecule has 4 atom stereocenters. The minimum Gasteiger partial charge on any atom is -0.358 e. The van der Waals surface area contributed by atoms with Crippen molar-refractivity contribution in [2.45, 2.75) is 17.5 Å². The smallest absolute Gasteiger partial charge is 0.270 e. The highest BCUT2D eigenvalue weighted by molar-refractivity contribution is 6.16. The number of ketones is 2. The van der Waals surface area contributed by atoms with E-state index in [9.17, 15) is 28.9 Å². The maximum atomic E-state index is 14.7. The lowest BCUT2D eigenvalue weighted by Gasteiger charge is -2.38. The van der Waals surface area contributed by atoms with Crippen molar-refractivity contribution < 1.29 is 23.7 Å². The van der Waals surface area contributed by atoms with E-state index in [1.165, 1.54) is 48.5 Å². The molecule has 4 aromatic carbocycles. The summed E-state index contributed by atoms with van der Waals surface area (Å²) in [5, 5.41) is 14.6. The molecule has 0 aliphatic carbocycles. The first-order valence-corrected chi connectivity index (χ1v) is 13.4. The number of non-ortho nitro benzene ring substituents is 1. The normalized spacial score (nSPS) is 23.2. The number of anilines is 1. The molecule has 3 aliphatic heterocycles. The Hall–Kier alpha value is -5.44. The van der Waals surface area contributed by atoms with Gasteiger partial charge in [-0.25, -0.2) is 4.39 Å². The molecular weight excluding hydrogens is 537 g/mol. The van der Waals surface area contributed by atoms with Crippen LogP contribution in [0.25, 0.3) is 6.08 Å². The van der Waals surface area contributed by atoms with Crippen molar-refractivity contribution in [3.05, 3.63) is 147 Å². The van der Waals surface area contributed by atoms with Gasteiger partial charge in [-0.1, -0.05) is 54.6 Å². The average molecular weight is 560 g/mol. The van der Waals surface area contributed by atoms with Crippen LogP contribution in [0.15, 0.2) is 103 Å². The van der Waals surface area contributed by atoms with Crippen LogP contribution in [0.5, 0.6) is 0 Å². The molecule has 0 aromatic heterocycles. The largest absolute Gasteiger partial charge is 0.358 e. The number of amides is 1. The highest BCUT2D eigenvalue weighted by Crippen LogP contribution is 2.62. The third-order valence-corrected chi connectivity index (χ3v) is 8.59. The van der Waals surface area contributed by atoms with Gasteiger partial charge in [0, 0.05) is 35.1 Å². The van der Waals surface area contributed by atoms with Crippen LogP contribution in [0.1, 0.15) is 43.4 Å². The molecule has 1 saturated heterocycles. The monoisotopic (exact) mass is 559 g/mol. The Labute approximate surface area is 239 Å². The molecular formula is C33H22FN3O5. The standard InChI is InChI=1S/C33H22FN3O5/c34-22-14-12-20(13-15-22)30(39)28-27(29(38)21-7-5-8-23(18-21)37(41)42)33(25-10-3-4-11-26(25)35-32(33)40)31-24-9-2-1-6-19(24)16-17-36(28)31/h1-18,27-28,31H,(H,35,40)/t27-,28+,31+,33-/m1/s1. The van der Waals surface area contributed by atoms with E-state index in [-0.39, 0.29) is 16.8 Å². The molecule has 0 bridgehead atoms. The second-order valence-corrected chi connectivity index (χ2v) is 10.6. The van der Waals surface area contributed by atoms with Gasteiger partial charge in [-0.2, -0.15) is 0 Å². The second-order valence-electron chi connectivity index (χ2n) is 10.6. The lowest BCUT2D eigenvalue weighted by molar-refractivity contribution is -0.384. The van der Waals surface area contributed by atoms with Crippen LogP contribution < -0.4 is 5.32 Å². The Morgan fingerprint density at radius 2 is 1.62 bits per heavy atom. The molecule has 0 saturated carbocycles. The summed E-state index contributed by atoms with van der Waals surface area (Å²) in [4.78, 5) is 56.3. The van der Waals surface area contributed by atoms with Gasteiger partial charge in [-0.05, 0) is 53.1 Å². The van der Waals surface area contributed by atoms with Gasteiger partial charge in [0.25, 0.3) is 5.69 Å². The van der Waals surface area contributed by atoms with Gasteiger partial charge in [-0.15, -0.1) is 0 Å². The number of Topliss-reactive ketones (excluding diaryl/α,β-unsaturated/α-hetero) is 2. The zero-order valence-corrected chi connectivity index (χ0v) is 21.9. The summed E-state index contributed by atoms with van der Waals surface area (Å²) in [6.45, 7) is 0. The van der Waals surface area contributed by atoms with E-state index in [1.54, 1.807) is 35.4 Å². The molecule has 1 fully saturated rings. The molecule has 8 nitrogen and oxygen atoms in total. The van der Waals surface area contributed by atoms with E-state index in [0.717, 1.165) is 11.1 Å². The van der Waals surface area contributed by atoms with Crippen LogP contribution in [0.3, 0.4) is 0 Å². The maximum absolute atomic E-state index is 14.7. The Morgan fingerprint density at radius 3 is 2.40 bits per heavy atom. The molecule has 42 heavy (non-hydrogen) atoms. The summed E-state index contributed by atoms with van der Waals surface area (Å²) in [5.41, 5.74) is 1.03. The number of nitrogens with zero attached hydrogens (tertiary/aromatic N) is 2. The number of fused-ring (bicyclic) bond motifs is 6. The van der Waals surface area contributed by atoms with Crippen molar-refractivity contribution in [1.82, 2.24) is 4.90 Å². The second kappa shape index (κ2) is 9.31. The Morgan fingerprint density at radius 1 is 0.881 bits per heavy atom. The number of hydrogen-bond donors (Lipinski definition) is 1. The van der Waals surface area contributed by atoms with Crippen LogP contribution in [0.4, 0.5) is 15.8 Å². The van der Waals surface area contributed by atoms with Gasteiger partial charge in [0.05, 0.1) is 16.9 Å². The van der Waals surface area contributed by atoms with Crippen LogP contribution in [0, 0.1) is 21.8 Å². The molecule has 0 unspecified atom stereocenters. The summed E-state index contributed by atoms with van der Waals surface area (Å²) < 4.78 is 13.9. The summed E-state index contributed by atoms with van der Waals surface area (Å²) in [6, 6.07) is 23.0. The van der Waals surface area contributed by atoms with E-state index < -0.39 is 51.6 Å². The predicted octanol–water partition coefficient (Wildman–Crippen LogP) is 5.72. The quantitative estimate of drug-likeness (QED) is 0.190. The molecule has 0 radical (unpaired) electrons. The van der Waals surface area contributed by atoms with Gasteiger partial charge < -0.3 is 10.2 Å². The van der Waals surface area contributed by atoms with E-state index in [1.807, 2.05) is 30.3 Å². The highest BCUT2D eigenvalue weighted by atomic mass is 19.1. The first-order chi connectivity index (χ1) is 20.3. The number of carbonyl (C=O) groups excluding carboxylic acids is 3. The third kappa shape index (κ3) is 3.49. The molecule has 9 heteroatoms. The first-order valence-electron chi connectivity index (χ1n) is 13.4. The molecule has 3 heterocycles. The van der Waals surface area contributed by atoms with Crippen LogP contribution >= 0.6 is 0 Å². The average Bonchev–Trinajstić information content (AvgIpc) is 3.49. The van der Waals surface area contributed by atoms with Gasteiger partial charge in [0.15, 0.2) is 11.6 Å². The number of nitro benzene ring substituents is 1. The molecule has 1 N–H and O–H groups in total. The van der Waals surface area contributed by atoms with Gasteiger partial charge in [0.1, 0.15) is 17.3 Å². The van der Waals surface area contributed by atoms with Crippen LogP contribution in [0.2, 0.25) is 0 Å². The van der Waals surface area contributed by atoms with Gasteiger partial charge in [-0.3, -0.25) is 24.5 Å². The van der Waals surface area contributed by atoms with Crippen molar-refractivity contribution in [2.24, 2.45) is 5.92 Å². The van der Waals surface area contributed by atoms with E-state index in [4.69, 9.17) is 0 Å². The van der Waals surface area contributed by atoms with Gasteiger partial charge >= 0.3 is 0 Å². The number of carbonyl (C=O) groups is 3. The zero-order valence-electron chi connectivity index (χ0n) is 21.9. The van der Waals surface area contributed by atoms with Crippen molar-refractivity contribution in [3.8, 4) is 0 Å². The fourth-order valence-corrected chi connectivity index (χ4v) is 6.90. The van der Waals surface area contributed by atoms with Crippen molar-refractivity contribution in [3.63, 3.8) is 0 Å². The van der Waals surface area contributed by atoms with Gasteiger partial charge in [0.2, 0.25) is 5.91 Å². The molecule has 206 valence electrons. The number of hydrogen-bond acceptors (Lipinski definition) is 6. The summed E-state index contributed by atoms with van der Waals surface area (Å²) >= 11 is 0. The van der Waals surface area contributed by atoms with Crippen LogP contribution in [-0.2, 0) is 10.2 Å². The fourth-order valence-electron chi connectivity index (χ4n) is 6.90. The van der Waals surface area contributed by atoms with E-state index in [2.05, 4.69) is 5.32 Å². The highest BCUT2D eigenvalue weighted by Gasteiger charge is 2.70. The summed E-state index contributed by atoms with van der Waals surface area (Å²) in [7, 11) is 0. The molecule has 3 aliphatic rings. The maximum Gasteiger partial charge on any atom is 0.270 e. The number of rotatable bonds is 5. The molecule has 7 rings (SSSR count). The van der Waals surface area contributed by atoms with E-state index >= 15 is 0 Å². The fraction of sp³-hybridized carbons (Fsp3) is 0.121. The number of benzene rings is 4. The number of nitrogens with one attached hydrogen (secondary N) is 1. The minimum atomic E-state index is -1.57. The number of para-hydroxylation sites is 1. The lowest BCUT2D eigenvalue weighted by Crippen LogP contribution is -2.49. The third-order valence-electron chi connectivity index (χ3n) is 8.59. The lowest BCUT2D eigenvalue weighted by atomic mass is 9.62. The molecule has 1 spiro atoms. The number of nitro groups is 1. The zero-order chi connectivity index (χ0) is 29.2. The minimum absolute atomic E-state index is 0.0137. The Balaban J connectivity index is 1.53.